The zero-order valence-corrected chi connectivity index (χ0v) is 10.6. The molecule has 1 fully saturated rings. The fourth-order valence-corrected chi connectivity index (χ4v) is 1.97. The molecule has 1 saturated heterocycles. The van der Waals surface area contributed by atoms with Crippen LogP contribution in [-0.4, -0.2) is 47.2 Å². The number of piperidine rings is 1. The second-order valence-corrected chi connectivity index (χ2v) is 4.99. The van der Waals surface area contributed by atoms with Crippen LogP contribution >= 0.6 is 0 Å². The summed E-state index contributed by atoms with van der Waals surface area (Å²) >= 11 is 0. The average Bonchev–Trinajstić information content (AvgIpc) is 2.27. The number of carbonyl (C=O) groups excluding carboxylic acids is 1. The van der Waals surface area contributed by atoms with E-state index in [0.29, 0.717) is 44.9 Å². The van der Waals surface area contributed by atoms with Gasteiger partial charge in [0.1, 0.15) is 0 Å². The standard InChI is InChI=1S/C12H24N2O2/c1-4-11(15)14-7-5-12(16,6-8-14)9-13-10(2)3/h10,13,16H,4-9H2,1-3H3. The maximum atomic E-state index is 11.5. The summed E-state index contributed by atoms with van der Waals surface area (Å²) in [6.45, 7) is 8.01. The predicted octanol–water partition coefficient (Wildman–Crippen LogP) is 0.748. The number of carbonyl (C=O) groups is 1. The number of rotatable bonds is 4. The van der Waals surface area contributed by atoms with E-state index < -0.39 is 5.60 Å². The minimum absolute atomic E-state index is 0.193. The Bertz CT molecular complexity index is 233. The highest BCUT2D eigenvalue weighted by Crippen LogP contribution is 2.21. The molecule has 0 aliphatic carbocycles. The van der Waals surface area contributed by atoms with Crippen molar-refractivity contribution in [3.05, 3.63) is 0 Å². The summed E-state index contributed by atoms with van der Waals surface area (Å²) in [5, 5.41) is 13.6. The van der Waals surface area contributed by atoms with Crippen LogP contribution in [0.4, 0.5) is 0 Å². The van der Waals surface area contributed by atoms with Crippen molar-refractivity contribution in [1.29, 1.82) is 0 Å². The van der Waals surface area contributed by atoms with Crippen LogP contribution in [0.25, 0.3) is 0 Å². The van der Waals surface area contributed by atoms with Gasteiger partial charge in [-0.1, -0.05) is 20.8 Å². The largest absolute Gasteiger partial charge is 0.388 e. The lowest BCUT2D eigenvalue weighted by Gasteiger charge is -2.38. The van der Waals surface area contributed by atoms with Gasteiger partial charge in [-0.15, -0.1) is 0 Å². The zero-order valence-electron chi connectivity index (χ0n) is 10.6. The van der Waals surface area contributed by atoms with E-state index in [0.717, 1.165) is 0 Å². The summed E-state index contributed by atoms with van der Waals surface area (Å²) in [6.07, 6.45) is 1.92. The number of aliphatic hydroxyl groups is 1. The molecule has 0 unspecified atom stereocenters. The van der Waals surface area contributed by atoms with Gasteiger partial charge in [0, 0.05) is 32.1 Å². The number of hydrogen-bond acceptors (Lipinski definition) is 3. The molecule has 0 atom stereocenters. The predicted molar refractivity (Wildman–Crippen MR) is 64.2 cm³/mol. The van der Waals surface area contributed by atoms with Crippen molar-refractivity contribution in [3.63, 3.8) is 0 Å². The van der Waals surface area contributed by atoms with Crippen molar-refractivity contribution in [2.24, 2.45) is 0 Å². The highest BCUT2D eigenvalue weighted by molar-refractivity contribution is 5.75. The van der Waals surface area contributed by atoms with Gasteiger partial charge in [0.2, 0.25) is 5.91 Å². The second kappa shape index (κ2) is 5.64. The Morgan fingerprint density at radius 1 is 1.44 bits per heavy atom. The van der Waals surface area contributed by atoms with E-state index in [-0.39, 0.29) is 5.91 Å². The smallest absolute Gasteiger partial charge is 0.222 e. The second-order valence-electron chi connectivity index (χ2n) is 4.99. The van der Waals surface area contributed by atoms with Crippen molar-refractivity contribution >= 4 is 5.91 Å². The minimum Gasteiger partial charge on any atom is -0.388 e. The lowest BCUT2D eigenvalue weighted by Crippen LogP contribution is -2.52. The number of amides is 1. The molecule has 4 nitrogen and oxygen atoms in total. The molecule has 1 heterocycles. The van der Waals surface area contributed by atoms with Crippen molar-refractivity contribution < 1.29 is 9.90 Å². The minimum atomic E-state index is -0.630. The van der Waals surface area contributed by atoms with Crippen LogP contribution in [0, 0.1) is 0 Å². The molecule has 0 aromatic carbocycles. The van der Waals surface area contributed by atoms with E-state index in [2.05, 4.69) is 19.2 Å². The Balaban J connectivity index is 2.37. The molecule has 16 heavy (non-hydrogen) atoms. The first kappa shape index (κ1) is 13.5. The number of hydrogen-bond donors (Lipinski definition) is 2. The Labute approximate surface area is 98.0 Å². The SMILES string of the molecule is CCC(=O)N1CCC(O)(CNC(C)C)CC1. The monoisotopic (exact) mass is 228 g/mol. The molecule has 1 amide bonds. The molecular weight excluding hydrogens is 204 g/mol. The molecule has 2 N–H and O–H groups in total. The van der Waals surface area contributed by atoms with Crippen LogP contribution in [0.2, 0.25) is 0 Å². The third-order valence-electron chi connectivity index (χ3n) is 3.19. The highest BCUT2D eigenvalue weighted by atomic mass is 16.3. The highest BCUT2D eigenvalue weighted by Gasteiger charge is 2.33. The molecule has 94 valence electrons. The van der Waals surface area contributed by atoms with Crippen LogP contribution in [0.15, 0.2) is 0 Å². The van der Waals surface area contributed by atoms with Crippen molar-refractivity contribution in [2.75, 3.05) is 19.6 Å². The number of likely N-dealkylation sites (tertiary alicyclic amines) is 1. The number of nitrogens with one attached hydrogen (secondary N) is 1. The first-order valence-electron chi connectivity index (χ1n) is 6.20. The summed E-state index contributed by atoms with van der Waals surface area (Å²) in [5.41, 5.74) is -0.630. The third-order valence-corrected chi connectivity index (χ3v) is 3.19. The van der Waals surface area contributed by atoms with Crippen molar-refractivity contribution in [3.8, 4) is 0 Å². The molecule has 1 aliphatic heterocycles. The van der Waals surface area contributed by atoms with Gasteiger partial charge in [0.25, 0.3) is 0 Å². The quantitative estimate of drug-likeness (QED) is 0.746. The zero-order chi connectivity index (χ0) is 12.2. The van der Waals surface area contributed by atoms with Crippen molar-refractivity contribution in [2.45, 2.75) is 51.7 Å². The van der Waals surface area contributed by atoms with E-state index in [1.165, 1.54) is 0 Å². The normalized spacial score (nSPS) is 20.2. The molecule has 1 rings (SSSR count). The van der Waals surface area contributed by atoms with Gasteiger partial charge in [-0.25, -0.2) is 0 Å². The topological polar surface area (TPSA) is 52.6 Å². The van der Waals surface area contributed by atoms with Gasteiger partial charge in [-0.2, -0.15) is 0 Å². The van der Waals surface area contributed by atoms with Crippen LogP contribution in [-0.2, 0) is 4.79 Å². The summed E-state index contributed by atoms with van der Waals surface area (Å²) < 4.78 is 0. The Morgan fingerprint density at radius 2 is 2.00 bits per heavy atom. The number of nitrogens with zero attached hydrogens (tertiary/aromatic N) is 1. The van der Waals surface area contributed by atoms with E-state index >= 15 is 0 Å². The summed E-state index contributed by atoms with van der Waals surface area (Å²) in [5.74, 6) is 0.193. The van der Waals surface area contributed by atoms with Crippen LogP contribution in [0.1, 0.15) is 40.0 Å². The first-order valence-corrected chi connectivity index (χ1v) is 6.20. The fourth-order valence-electron chi connectivity index (χ4n) is 1.97. The first-order chi connectivity index (χ1) is 7.47. The average molecular weight is 228 g/mol. The van der Waals surface area contributed by atoms with E-state index in [4.69, 9.17) is 0 Å². The molecule has 1 aliphatic rings. The molecule has 0 spiro atoms. The summed E-state index contributed by atoms with van der Waals surface area (Å²) in [6, 6.07) is 0.388. The molecule has 0 aromatic heterocycles. The summed E-state index contributed by atoms with van der Waals surface area (Å²) in [4.78, 5) is 13.3. The Hall–Kier alpha value is -0.610. The van der Waals surface area contributed by atoms with Gasteiger partial charge >= 0.3 is 0 Å². The Kier molecular flexibility index (Phi) is 4.74. The van der Waals surface area contributed by atoms with Crippen LogP contribution in [0.3, 0.4) is 0 Å². The Morgan fingerprint density at radius 3 is 2.44 bits per heavy atom. The lowest BCUT2D eigenvalue weighted by molar-refractivity contribution is -0.135. The third kappa shape index (κ3) is 3.76. The fraction of sp³-hybridized carbons (Fsp3) is 0.917. The molecule has 0 saturated carbocycles. The maximum absolute atomic E-state index is 11.5. The molecule has 0 radical (unpaired) electrons. The van der Waals surface area contributed by atoms with Crippen LogP contribution in [0.5, 0.6) is 0 Å². The van der Waals surface area contributed by atoms with Gasteiger partial charge in [0.05, 0.1) is 5.60 Å². The van der Waals surface area contributed by atoms with Gasteiger partial charge in [-0.3, -0.25) is 4.79 Å². The van der Waals surface area contributed by atoms with Crippen LogP contribution < -0.4 is 5.32 Å². The van der Waals surface area contributed by atoms with E-state index in [1.54, 1.807) is 0 Å². The van der Waals surface area contributed by atoms with Crippen molar-refractivity contribution in [1.82, 2.24) is 10.2 Å². The van der Waals surface area contributed by atoms with Gasteiger partial charge in [-0.05, 0) is 12.8 Å². The lowest BCUT2D eigenvalue weighted by atomic mass is 9.91. The summed E-state index contributed by atoms with van der Waals surface area (Å²) in [7, 11) is 0. The van der Waals surface area contributed by atoms with E-state index in [1.807, 2.05) is 11.8 Å². The molecule has 0 bridgehead atoms. The molecular formula is C12H24N2O2. The van der Waals surface area contributed by atoms with Gasteiger partial charge in [0.15, 0.2) is 0 Å². The van der Waals surface area contributed by atoms with Gasteiger partial charge < -0.3 is 15.3 Å². The molecule has 0 aromatic rings. The van der Waals surface area contributed by atoms with E-state index in [9.17, 15) is 9.90 Å². The maximum Gasteiger partial charge on any atom is 0.222 e. The molecule has 4 heteroatoms.